The maximum absolute atomic E-state index is 11.9. The zero-order valence-electron chi connectivity index (χ0n) is 17.8. The molecule has 2 aromatic rings. The van der Waals surface area contributed by atoms with Crippen molar-refractivity contribution in [2.24, 2.45) is 7.05 Å². The molecule has 1 aliphatic heterocycles. The molecule has 0 radical (unpaired) electrons. The molecule has 2 heterocycles. The lowest BCUT2D eigenvalue weighted by molar-refractivity contribution is 0.0157. The molecular formula is C22H32N4O3S. The number of sulfonamides is 1. The lowest BCUT2D eigenvalue weighted by Gasteiger charge is -2.33. The fraction of sp³-hybridized carbons (Fsp3) is 0.591. The zero-order valence-corrected chi connectivity index (χ0v) is 18.6. The molecule has 1 N–H and O–H groups in total. The number of rotatable bonds is 7. The molecule has 1 aromatic carbocycles. The number of nitrogens with one attached hydrogen (secondary N) is 1. The molecule has 0 bridgehead atoms. The Morgan fingerprint density at radius 3 is 2.50 bits per heavy atom. The van der Waals surface area contributed by atoms with Crippen LogP contribution in [0.5, 0.6) is 0 Å². The van der Waals surface area contributed by atoms with Crippen molar-refractivity contribution >= 4 is 15.7 Å². The highest BCUT2D eigenvalue weighted by molar-refractivity contribution is 7.88. The van der Waals surface area contributed by atoms with E-state index in [1.165, 1.54) is 11.8 Å². The van der Waals surface area contributed by atoms with Crippen molar-refractivity contribution in [2.75, 3.05) is 24.3 Å². The Morgan fingerprint density at radius 1 is 1.13 bits per heavy atom. The number of aromatic nitrogens is 2. The van der Waals surface area contributed by atoms with Crippen LogP contribution in [0.3, 0.4) is 0 Å². The van der Waals surface area contributed by atoms with Gasteiger partial charge in [-0.25, -0.2) is 13.1 Å². The molecule has 1 saturated carbocycles. The third kappa shape index (κ3) is 5.22. The van der Waals surface area contributed by atoms with Crippen molar-refractivity contribution in [2.45, 2.75) is 56.2 Å². The number of anilines is 1. The van der Waals surface area contributed by atoms with Gasteiger partial charge in [-0.2, -0.15) is 5.10 Å². The van der Waals surface area contributed by atoms with E-state index in [9.17, 15) is 8.42 Å². The summed E-state index contributed by atoms with van der Waals surface area (Å²) >= 11 is 0. The molecule has 1 unspecified atom stereocenters. The lowest BCUT2D eigenvalue weighted by Crippen LogP contribution is -2.48. The molecule has 8 heteroatoms. The molecule has 0 amide bonds. The number of ether oxygens (including phenoxy) is 1. The van der Waals surface area contributed by atoms with Crippen LogP contribution in [0, 0.1) is 0 Å². The summed E-state index contributed by atoms with van der Waals surface area (Å²) in [6.45, 7) is 1.30. The molecule has 1 aromatic heterocycles. The van der Waals surface area contributed by atoms with Crippen LogP contribution in [-0.2, 0) is 21.8 Å². The van der Waals surface area contributed by atoms with Gasteiger partial charge in [0.2, 0.25) is 10.0 Å². The zero-order chi connectivity index (χ0) is 21.1. The highest BCUT2D eigenvalue weighted by atomic mass is 32.2. The Hall–Kier alpha value is -1.90. The quantitative estimate of drug-likeness (QED) is 0.728. The summed E-state index contributed by atoms with van der Waals surface area (Å²) in [6, 6.07) is 10.5. The van der Waals surface area contributed by atoms with Crippen molar-refractivity contribution in [1.82, 2.24) is 14.5 Å². The van der Waals surface area contributed by atoms with Crippen LogP contribution in [0.2, 0.25) is 0 Å². The Kier molecular flexibility index (Phi) is 6.46. The van der Waals surface area contributed by atoms with Gasteiger partial charge in [0.25, 0.3) is 0 Å². The number of nitrogens with zero attached hydrogens (tertiary/aromatic N) is 3. The van der Waals surface area contributed by atoms with Crippen LogP contribution in [0.4, 0.5) is 5.69 Å². The van der Waals surface area contributed by atoms with E-state index in [0.717, 1.165) is 44.3 Å². The molecule has 30 heavy (non-hydrogen) atoms. The first-order valence-corrected chi connectivity index (χ1v) is 12.7. The molecule has 2 atom stereocenters. The second-order valence-corrected chi connectivity index (χ2v) is 10.4. The minimum Gasteiger partial charge on any atom is -0.376 e. The first-order valence-electron chi connectivity index (χ1n) is 10.8. The average Bonchev–Trinajstić information content (AvgIpc) is 3.32. The standard InChI is InChI=1S/C22H32N4O3S/c1-25-15-19(14-23-25)26-13-12-21(24-30(2,27)28)22(26)16-29-20-10-8-18(9-11-20)17-6-4-3-5-7-17/h3-7,14-15,18,20-22,24H,8-13,16H2,1-2H3/t18?,20?,21-,22?/m0/s1. The molecule has 0 spiro atoms. The molecule has 164 valence electrons. The van der Waals surface area contributed by atoms with Crippen molar-refractivity contribution in [3.8, 4) is 0 Å². The number of benzene rings is 1. The minimum absolute atomic E-state index is 0.0317. The smallest absolute Gasteiger partial charge is 0.209 e. The van der Waals surface area contributed by atoms with E-state index >= 15 is 0 Å². The third-order valence-electron chi connectivity index (χ3n) is 6.38. The summed E-state index contributed by atoms with van der Waals surface area (Å²) in [5.41, 5.74) is 2.43. The summed E-state index contributed by atoms with van der Waals surface area (Å²) in [5.74, 6) is 0.615. The number of hydrogen-bond donors (Lipinski definition) is 1. The number of hydrogen-bond acceptors (Lipinski definition) is 5. The van der Waals surface area contributed by atoms with Gasteiger partial charge in [0.05, 0.1) is 36.9 Å². The molecule has 1 aliphatic carbocycles. The average molecular weight is 433 g/mol. The van der Waals surface area contributed by atoms with Gasteiger partial charge < -0.3 is 9.64 Å². The van der Waals surface area contributed by atoms with Gasteiger partial charge >= 0.3 is 0 Å². The van der Waals surface area contributed by atoms with Crippen LogP contribution in [0.25, 0.3) is 0 Å². The van der Waals surface area contributed by atoms with Crippen molar-refractivity contribution in [3.05, 3.63) is 48.3 Å². The van der Waals surface area contributed by atoms with Gasteiger partial charge in [0.15, 0.2) is 0 Å². The van der Waals surface area contributed by atoms with E-state index in [1.54, 1.807) is 4.68 Å². The van der Waals surface area contributed by atoms with Gasteiger partial charge in [-0.1, -0.05) is 30.3 Å². The second kappa shape index (κ2) is 9.08. The van der Waals surface area contributed by atoms with Crippen molar-refractivity contribution < 1.29 is 13.2 Å². The maximum atomic E-state index is 11.9. The van der Waals surface area contributed by atoms with Gasteiger partial charge in [-0.15, -0.1) is 0 Å². The van der Waals surface area contributed by atoms with E-state index in [1.807, 2.05) is 19.4 Å². The Balaban J connectivity index is 1.37. The van der Waals surface area contributed by atoms with E-state index in [4.69, 9.17) is 4.74 Å². The fourth-order valence-corrected chi connectivity index (χ4v) is 5.70. The van der Waals surface area contributed by atoms with E-state index in [0.29, 0.717) is 12.5 Å². The summed E-state index contributed by atoms with van der Waals surface area (Å²) in [6.07, 6.45) is 10.4. The van der Waals surface area contributed by atoms with Crippen molar-refractivity contribution in [1.29, 1.82) is 0 Å². The first-order chi connectivity index (χ1) is 14.4. The lowest BCUT2D eigenvalue weighted by atomic mass is 9.83. The van der Waals surface area contributed by atoms with Gasteiger partial charge in [0, 0.05) is 25.8 Å². The minimum atomic E-state index is -3.28. The Labute approximate surface area is 179 Å². The van der Waals surface area contributed by atoms with Crippen LogP contribution in [-0.4, -0.2) is 55.8 Å². The Bertz CT molecular complexity index is 923. The molecular weight excluding hydrogens is 400 g/mol. The van der Waals surface area contributed by atoms with Crippen molar-refractivity contribution in [3.63, 3.8) is 0 Å². The normalized spacial score (nSPS) is 27.5. The predicted molar refractivity (Wildman–Crippen MR) is 118 cm³/mol. The summed E-state index contributed by atoms with van der Waals surface area (Å²) in [5, 5.41) is 4.28. The molecule has 7 nitrogen and oxygen atoms in total. The predicted octanol–water partition coefficient (Wildman–Crippen LogP) is 2.66. The second-order valence-electron chi connectivity index (χ2n) is 8.64. The summed E-state index contributed by atoms with van der Waals surface area (Å²) < 4.78 is 34.7. The summed E-state index contributed by atoms with van der Waals surface area (Å²) in [4.78, 5) is 2.23. The maximum Gasteiger partial charge on any atom is 0.209 e. The molecule has 2 fully saturated rings. The van der Waals surface area contributed by atoms with Crippen LogP contribution in [0.15, 0.2) is 42.7 Å². The van der Waals surface area contributed by atoms with E-state index in [-0.39, 0.29) is 18.2 Å². The summed E-state index contributed by atoms with van der Waals surface area (Å²) in [7, 11) is -1.38. The van der Waals surface area contributed by atoms with Gasteiger partial charge in [0.1, 0.15) is 0 Å². The topological polar surface area (TPSA) is 76.5 Å². The van der Waals surface area contributed by atoms with Crippen LogP contribution < -0.4 is 9.62 Å². The van der Waals surface area contributed by atoms with Gasteiger partial charge in [-0.05, 0) is 43.6 Å². The molecule has 4 rings (SSSR count). The van der Waals surface area contributed by atoms with Gasteiger partial charge in [-0.3, -0.25) is 4.68 Å². The first kappa shape index (κ1) is 21.3. The fourth-order valence-electron chi connectivity index (χ4n) is 4.87. The number of aryl methyl sites for hydroxylation is 1. The van der Waals surface area contributed by atoms with E-state index < -0.39 is 10.0 Å². The van der Waals surface area contributed by atoms with Crippen LogP contribution >= 0.6 is 0 Å². The Morgan fingerprint density at radius 2 is 1.87 bits per heavy atom. The largest absolute Gasteiger partial charge is 0.376 e. The monoisotopic (exact) mass is 432 g/mol. The SMILES string of the molecule is Cn1cc(N2CC[C@H](NS(C)(=O)=O)C2COC2CCC(c3ccccc3)CC2)cn1. The molecule has 2 aliphatic rings. The molecule has 1 saturated heterocycles. The third-order valence-corrected chi connectivity index (χ3v) is 7.11. The van der Waals surface area contributed by atoms with Crippen LogP contribution in [0.1, 0.15) is 43.6 Å². The highest BCUT2D eigenvalue weighted by Crippen LogP contribution is 2.34. The van der Waals surface area contributed by atoms with E-state index in [2.05, 4.69) is 45.1 Å². The highest BCUT2D eigenvalue weighted by Gasteiger charge is 2.37.